The number of anilines is 1. The highest BCUT2D eigenvalue weighted by atomic mass is 79.9. The van der Waals surface area contributed by atoms with Gasteiger partial charge in [0.05, 0.1) is 28.7 Å². The minimum absolute atomic E-state index is 0.236. The Morgan fingerprint density at radius 3 is 2.52 bits per heavy atom. The largest absolute Gasteiger partial charge is 0.490 e. The number of ether oxygens (including phenoxy) is 2. The number of aromatic nitrogens is 2. The van der Waals surface area contributed by atoms with E-state index in [9.17, 15) is 9.59 Å². The van der Waals surface area contributed by atoms with Crippen LogP contribution in [0.2, 0.25) is 5.02 Å². The van der Waals surface area contributed by atoms with Gasteiger partial charge >= 0.3 is 0 Å². The molecular weight excluding hydrogens is 596 g/mol. The van der Waals surface area contributed by atoms with Crippen LogP contribution in [0.4, 0.5) is 5.69 Å². The Balaban J connectivity index is 1.63. The highest BCUT2D eigenvalue weighted by molar-refractivity contribution is 9.10. The number of fused-ring (bicyclic) bond motifs is 1. The molecular formula is C30H30BrClN4O4. The number of nitrogens with one attached hydrogen (secondary N) is 1. The van der Waals surface area contributed by atoms with Crippen LogP contribution in [-0.4, -0.2) is 35.0 Å². The van der Waals surface area contributed by atoms with Crippen LogP contribution in [0.1, 0.15) is 44.6 Å². The lowest BCUT2D eigenvalue weighted by Crippen LogP contribution is -2.29. The zero-order valence-electron chi connectivity index (χ0n) is 22.9. The third kappa shape index (κ3) is 6.89. The zero-order valence-corrected chi connectivity index (χ0v) is 25.3. The molecule has 1 aromatic heterocycles. The quantitative estimate of drug-likeness (QED) is 0.220. The number of benzene rings is 3. The van der Waals surface area contributed by atoms with E-state index < -0.39 is 5.41 Å². The maximum atomic E-state index is 13.4. The number of aryl methyl sites for hydroxylation is 1. The summed E-state index contributed by atoms with van der Waals surface area (Å²) in [5, 5.41) is 7.97. The molecule has 208 valence electrons. The standard InChI is InChI=1S/C30H30BrClN4O4/c1-6-39-25-14-19(13-23(32)27(25)40-17-26(37)34-21-10-7-18(2)8-11-21)16-33-36-28(38)22-15-20(31)9-12-24(22)35-29(36)30(3,4)5/h7-16H,6,17H2,1-5H3,(H,34,37). The van der Waals surface area contributed by atoms with Gasteiger partial charge in [-0.3, -0.25) is 9.59 Å². The summed E-state index contributed by atoms with van der Waals surface area (Å²) in [6.07, 6.45) is 1.52. The third-order valence-electron chi connectivity index (χ3n) is 5.82. The van der Waals surface area contributed by atoms with Crippen LogP contribution in [0, 0.1) is 6.92 Å². The van der Waals surface area contributed by atoms with E-state index in [4.69, 9.17) is 26.1 Å². The van der Waals surface area contributed by atoms with Crippen LogP contribution in [0.5, 0.6) is 11.5 Å². The Labute approximate surface area is 246 Å². The fraction of sp³-hybridized carbons (Fsp3) is 0.267. The van der Waals surface area contributed by atoms with Crippen LogP contribution in [-0.2, 0) is 10.2 Å². The fourth-order valence-corrected chi connectivity index (χ4v) is 4.54. The zero-order chi connectivity index (χ0) is 29.0. The predicted molar refractivity (Wildman–Crippen MR) is 163 cm³/mol. The Morgan fingerprint density at radius 1 is 1.12 bits per heavy atom. The maximum Gasteiger partial charge on any atom is 0.282 e. The number of nitrogens with zero attached hydrogens (tertiary/aromatic N) is 3. The van der Waals surface area contributed by atoms with Gasteiger partial charge in [-0.15, -0.1) is 0 Å². The van der Waals surface area contributed by atoms with Gasteiger partial charge in [-0.25, -0.2) is 4.98 Å². The third-order valence-corrected chi connectivity index (χ3v) is 6.59. The maximum absolute atomic E-state index is 13.4. The second-order valence-electron chi connectivity index (χ2n) is 10.2. The van der Waals surface area contributed by atoms with Gasteiger partial charge in [-0.1, -0.05) is 66.0 Å². The average molecular weight is 626 g/mol. The van der Waals surface area contributed by atoms with Gasteiger partial charge < -0.3 is 14.8 Å². The van der Waals surface area contributed by atoms with Crippen molar-refractivity contribution in [3.05, 3.63) is 91.4 Å². The molecule has 0 unspecified atom stereocenters. The summed E-state index contributed by atoms with van der Waals surface area (Å²) in [7, 11) is 0. The molecule has 0 spiro atoms. The molecule has 4 aromatic rings. The van der Waals surface area contributed by atoms with E-state index in [1.165, 1.54) is 10.9 Å². The summed E-state index contributed by atoms with van der Waals surface area (Å²) in [5.41, 5.74) is 2.19. The highest BCUT2D eigenvalue weighted by Gasteiger charge is 2.23. The van der Waals surface area contributed by atoms with Gasteiger partial charge in [-0.2, -0.15) is 9.78 Å². The molecule has 0 radical (unpaired) electrons. The van der Waals surface area contributed by atoms with E-state index in [1.54, 1.807) is 24.3 Å². The van der Waals surface area contributed by atoms with Crippen LogP contribution in [0.25, 0.3) is 10.9 Å². The molecule has 1 heterocycles. The molecule has 0 saturated carbocycles. The SMILES string of the molecule is CCOc1cc(C=Nn2c(C(C)(C)C)nc3ccc(Br)cc3c2=O)cc(Cl)c1OCC(=O)Nc1ccc(C)cc1. The Hall–Kier alpha value is -3.69. The summed E-state index contributed by atoms with van der Waals surface area (Å²) >= 11 is 9.98. The van der Waals surface area contributed by atoms with Crippen molar-refractivity contribution in [1.29, 1.82) is 0 Å². The normalized spacial score (nSPS) is 11.7. The first-order chi connectivity index (χ1) is 19.0. The summed E-state index contributed by atoms with van der Waals surface area (Å²) in [6, 6.07) is 16.2. The van der Waals surface area contributed by atoms with Crippen molar-refractivity contribution >= 4 is 56.2 Å². The average Bonchev–Trinajstić information content (AvgIpc) is 2.89. The lowest BCUT2D eigenvalue weighted by Gasteiger charge is -2.21. The van der Waals surface area contributed by atoms with Gasteiger partial charge in [0.1, 0.15) is 5.82 Å². The smallest absolute Gasteiger partial charge is 0.282 e. The van der Waals surface area contributed by atoms with Crippen molar-refractivity contribution in [3.8, 4) is 11.5 Å². The molecule has 8 nitrogen and oxygen atoms in total. The van der Waals surface area contributed by atoms with Crippen molar-refractivity contribution in [2.45, 2.75) is 40.0 Å². The Morgan fingerprint density at radius 2 is 1.85 bits per heavy atom. The lowest BCUT2D eigenvalue weighted by molar-refractivity contribution is -0.118. The molecule has 3 aromatic carbocycles. The predicted octanol–water partition coefficient (Wildman–Crippen LogP) is 6.72. The number of hydrogen-bond donors (Lipinski definition) is 1. The van der Waals surface area contributed by atoms with Crippen molar-refractivity contribution in [2.75, 3.05) is 18.5 Å². The van der Waals surface area contributed by atoms with E-state index >= 15 is 0 Å². The number of carbonyl (C=O) groups excluding carboxylic acids is 1. The molecule has 0 atom stereocenters. The molecule has 0 aliphatic rings. The lowest BCUT2D eigenvalue weighted by atomic mass is 9.95. The molecule has 0 saturated heterocycles. The molecule has 0 aliphatic heterocycles. The van der Waals surface area contributed by atoms with E-state index in [0.717, 1.165) is 10.0 Å². The van der Waals surface area contributed by atoms with Crippen LogP contribution in [0.3, 0.4) is 0 Å². The molecule has 0 bridgehead atoms. The van der Waals surface area contributed by atoms with Crippen LogP contribution < -0.4 is 20.3 Å². The summed E-state index contributed by atoms with van der Waals surface area (Å²) in [5.74, 6) is 0.768. The number of hydrogen-bond acceptors (Lipinski definition) is 6. The number of amides is 1. The molecule has 4 rings (SSSR count). The number of halogens is 2. The fourth-order valence-electron chi connectivity index (χ4n) is 3.90. The van der Waals surface area contributed by atoms with Gasteiger partial charge in [0.25, 0.3) is 11.5 Å². The molecule has 0 aliphatic carbocycles. The van der Waals surface area contributed by atoms with Crippen molar-refractivity contribution in [2.24, 2.45) is 5.10 Å². The van der Waals surface area contributed by atoms with Crippen molar-refractivity contribution in [1.82, 2.24) is 9.66 Å². The Kier molecular flexibility index (Phi) is 8.95. The van der Waals surface area contributed by atoms with E-state index in [0.29, 0.717) is 40.3 Å². The van der Waals surface area contributed by atoms with Gasteiger partial charge in [0.15, 0.2) is 18.1 Å². The minimum atomic E-state index is -0.456. The first-order valence-electron chi connectivity index (χ1n) is 12.7. The summed E-state index contributed by atoms with van der Waals surface area (Å²) < 4.78 is 13.6. The minimum Gasteiger partial charge on any atom is -0.490 e. The van der Waals surface area contributed by atoms with Crippen molar-refractivity contribution in [3.63, 3.8) is 0 Å². The highest BCUT2D eigenvalue weighted by Crippen LogP contribution is 2.36. The van der Waals surface area contributed by atoms with Crippen LogP contribution in [0.15, 0.2) is 69.0 Å². The van der Waals surface area contributed by atoms with Crippen molar-refractivity contribution < 1.29 is 14.3 Å². The van der Waals surface area contributed by atoms with E-state index in [2.05, 4.69) is 26.3 Å². The van der Waals surface area contributed by atoms with Gasteiger partial charge in [0, 0.05) is 15.6 Å². The van der Waals surface area contributed by atoms with E-state index in [-0.39, 0.29) is 28.8 Å². The molecule has 40 heavy (non-hydrogen) atoms. The molecule has 10 heteroatoms. The Bertz CT molecular complexity index is 1640. The van der Waals surface area contributed by atoms with E-state index in [1.807, 2.05) is 65.0 Å². The molecule has 0 fully saturated rings. The second kappa shape index (κ2) is 12.2. The number of carbonyl (C=O) groups is 1. The second-order valence-corrected chi connectivity index (χ2v) is 11.5. The summed E-state index contributed by atoms with van der Waals surface area (Å²) in [4.78, 5) is 30.6. The first kappa shape index (κ1) is 29.3. The monoisotopic (exact) mass is 624 g/mol. The topological polar surface area (TPSA) is 94.8 Å². The summed E-state index contributed by atoms with van der Waals surface area (Å²) in [6.45, 7) is 9.80. The first-order valence-corrected chi connectivity index (χ1v) is 13.9. The molecule has 1 amide bonds. The van der Waals surface area contributed by atoms with Crippen LogP contribution >= 0.6 is 27.5 Å². The van der Waals surface area contributed by atoms with Gasteiger partial charge in [-0.05, 0) is 61.9 Å². The van der Waals surface area contributed by atoms with Gasteiger partial charge in [0.2, 0.25) is 0 Å². The molecule has 1 N–H and O–H groups in total. The number of rotatable bonds is 8.